The third-order valence-electron chi connectivity index (χ3n) is 10.4. The van der Waals surface area contributed by atoms with Crippen molar-refractivity contribution in [1.82, 2.24) is 0 Å². The number of nitrogens with zero attached hydrogens (tertiary/aromatic N) is 1. The van der Waals surface area contributed by atoms with E-state index in [-0.39, 0.29) is 0 Å². The molecule has 0 aromatic heterocycles. The van der Waals surface area contributed by atoms with Crippen LogP contribution in [0.3, 0.4) is 0 Å². The molecule has 0 unspecified atom stereocenters. The Hall–Kier alpha value is -6.70. The van der Waals surface area contributed by atoms with Crippen LogP contribution in [0.5, 0.6) is 0 Å². The molecule has 0 atom stereocenters. The van der Waals surface area contributed by atoms with E-state index in [0.29, 0.717) is 0 Å². The predicted molar refractivity (Wildman–Crippen MR) is 220 cm³/mol. The van der Waals surface area contributed by atoms with Gasteiger partial charge in [0.25, 0.3) is 0 Å². The standard InChI is InChI=1S/C50H33N/c1-3-12-42(13-4-1)51(43-14-5-2-6-15-43)44-26-23-35-29-34(19-20-37(35)32-44)36-24-27-46-39(30-36)21-22-40-31-41(25-28-47(40)46)50-33-38-11-7-8-16-45(38)48-17-9-10-18-49(48)50/h1-33H. The van der Waals surface area contributed by atoms with E-state index in [2.05, 4.69) is 205 Å². The molecule has 238 valence electrons. The van der Waals surface area contributed by atoms with Crippen LogP contribution in [0.4, 0.5) is 17.1 Å². The fourth-order valence-corrected chi connectivity index (χ4v) is 7.86. The van der Waals surface area contributed by atoms with E-state index in [0.717, 1.165) is 17.1 Å². The molecule has 0 saturated heterocycles. The molecule has 0 aliphatic heterocycles. The minimum absolute atomic E-state index is 1.14. The zero-order valence-electron chi connectivity index (χ0n) is 28.0. The van der Waals surface area contributed by atoms with Crippen molar-refractivity contribution in [2.45, 2.75) is 0 Å². The Kier molecular flexibility index (Phi) is 6.89. The number of hydrogen-bond donors (Lipinski definition) is 0. The summed E-state index contributed by atoms with van der Waals surface area (Å²) in [5, 5.41) is 12.7. The molecule has 10 aromatic carbocycles. The molecule has 0 bridgehead atoms. The van der Waals surface area contributed by atoms with Gasteiger partial charge in [-0.1, -0.05) is 140 Å². The highest BCUT2D eigenvalue weighted by Crippen LogP contribution is 2.39. The average molecular weight is 648 g/mol. The van der Waals surface area contributed by atoms with E-state index in [9.17, 15) is 0 Å². The first-order valence-corrected chi connectivity index (χ1v) is 17.6. The number of hydrogen-bond acceptors (Lipinski definition) is 1. The summed E-state index contributed by atoms with van der Waals surface area (Å²) in [5.41, 5.74) is 8.39. The third kappa shape index (κ3) is 5.10. The van der Waals surface area contributed by atoms with Crippen LogP contribution in [0, 0.1) is 0 Å². The van der Waals surface area contributed by atoms with E-state index < -0.39 is 0 Å². The van der Waals surface area contributed by atoms with Crippen molar-refractivity contribution in [2.24, 2.45) is 0 Å². The molecule has 0 fully saturated rings. The maximum Gasteiger partial charge on any atom is 0.0468 e. The van der Waals surface area contributed by atoms with Gasteiger partial charge in [-0.2, -0.15) is 0 Å². The Labute approximate surface area is 297 Å². The van der Waals surface area contributed by atoms with Gasteiger partial charge in [-0.3, -0.25) is 0 Å². The summed E-state index contributed by atoms with van der Waals surface area (Å²) in [6.45, 7) is 0. The Morgan fingerprint density at radius 3 is 1.39 bits per heavy atom. The molecule has 0 N–H and O–H groups in total. The molecule has 51 heavy (non-hydrogen) atoms. The zero-order valence-corrected chi connectivity index (χ0v) is 28.0. The van der Waals surface area contributed by atoms with Gasteiger partial charge in [-0.15, -0.1) is 0 Å². The summed E-state index contributed by atoms with van der Waals surface area (Å²) < 4.78 is 0. The highest BCUT2D eigenvalue weighted by molar-refractivity contribution is 6.15. The quantitative estimate of drug-likeness (QED) is 0.168. The summed E-state index contributed by atoms with van der Waals surface area (Å²) in [5.74, 6) is 0. The molecular formula is C50H33N. The molecule has 1 nitrogen and oxygen atoms in total. The molecule has 0 amide bonds. The van der Waals surface area contributed by atoms with Gasteiger partial charge in [-0.25, -0.2) is 0 Å². The highest BCUT2D eigenvalue weighted by atomic mass is 15.1. The van der Waals surface area contributed by atoms with Crippen LogP contribution in [-0.2, 0) is 0 Å². The lowest BCUT2D eigenvalue weighted by Crippen LogP contribution is -2.09. The first kappa shape index (κ1) is 29.2. The van der Waals surface area contributed by atoms with Crippen molar-refractivity contribution in [3.8, 4) is 22.3 Å². The van der Waals surface area contributed by atoms with Gasteiger partial charge >= 0.3 is 0 Å². The van der Waals surface area contributed by atoms with Crippen LogP contribution in [0.1, 0.15) is 0 Å². The zero-order chi connectivity index (χ0) is 33.7. The maximum atomic E-state index is 2.35. The van der Waals surface area contributed by atoms with Crippen molar-refractivity contribution in [1.29, 1.82) is 0 Å². The Morgan fingerprint density at radius 1 is 0.235 bits per heavy atom. The van der Waals surface area contributed by atoms with E-state index in [1.165, 1.54) is 76.1 Å². The SMILES string of the molecule is c1ccc(N(c2ccccc2)c2ccc3cc(-c4ccc5c(ccc6cc(-c7cc8ccccc8c8ccccc78)ccc65)c4)ccc3c2)cc1. The van der Waals surface area contributed by atoms with Gasteiger partial charge in [0, 0.05) is 17.1 Å². The van der Waals surface area contributed by atoms with Crippen LogP contribution < -0.4 is 4.90 Å². The molecule has 0 radical (unpaired) electrons. The number of para-hydroxylation sites is 2. The van der Waals surface area contributed by atoms with Crippen LogP contribution in [0.2, 0.25) is 0 Å². The fraction of sp³-hybridized carbons (Fsp3) is 0. The molecule has 0 saturated carbocycles. The second-order valence-corrected chi connectivity index (χ2v) is 13.4. The van der Waals surface area contributed by atoms with Gasteiger partial charge in [0.15, 0.2) is 0 Å². The molecule has 10 aromatic rings. The van der Waals surface area contributed by atoms with Crippen molar-refractivity contribution in [3.05, 3.63) is 200 Å². The van der Waals surface area contributed by atoms with Crippen molar-refractivity contribution < 1.29 is 0 Å². The minimum atomic E-state index is 1.14. The predicted octanol–water partition coefficient (Wildman–Crippen LogP) is 14.3. The molecule has 0 spiro atoms. The highest BCUT2D eigenvalue weighted by Gasteiger charge is 2.14. The van der Waals surface area contributed by atoms with Crippen molar-refractivity contribution in [2.75, 3.05) is 4.90 Å². The van der Waals surface area contributed by atoms with Gasteiger partial charge in [-0.05, 0) is 137 Å². The lowest BCUT2D eigenvalue weighted by molar-refractivity contribution is 1.29. The van der Waals surface area contributed by atoms with Gasteiger partial charge in [0.2, 0.25) is 0 Å². The minimum Gasteiger partial charge on any atom is -0.310 e. The fourth-order valence-electron chi connectivity index (χ4n) is 7.86. The number of fused-ring (bicyclic) bond motifs is 7. The van der Waals surface area contributed by atoms with Gasteiger partial charge < -0.3 is 4.90 Å². The number of benzene rings is 10. The molecule has 10 rings (SSSR count). The van der Waals surface area contributed by atoms with Gasteiger partial charge in [0.1, 0.15) is 0 Å². The number of anilines is 3. The molecule has 0 aliphatic rings. The molecule has 1 heteroatoms. The summed E-state index contributed by atoms with van der Waals surface area (Å²) in [4.78, 5) is 2.31. The second kappa shape index (κ2) is 12.0. The smallest absolute Gasteiger partial charge is 0.0468 e. The summed E-state index contributed by atoms with van der Waals surface area (Å²) in [6.07, 6.45) is 0. The van der Waals surface area contributed by atoms with Crippen LogP contribution in [0.25, 0.3) is 76.1 Å². The van der Waals surface area contributed by atoms with E-state index in [4.69, 9.17) is 0 Å². The molecular weight excluding hydrogens is 615 g/mol. The maximum absolute atomic E-state index is 2.35. The largest absolute Gasteiger partial charge is 0.310 e. The van der Waals surface area contributed by atoms with E-state index in [1.54, 1.807) is 0 Å². The second-order valence-electron chi connectivity index (χ2n) is 13.4. The third-order valence-corrected chi connectivity index (χ3v) is 10.4. The normalized spacial score (nSPS) is 11.5. The van der Waals surface area contributed by atoms with Crippen LogP contribution >= 0.6 is 0 Å². The van der Waals surface area contributed by atoms with E-state index in [1.807, 2.05) is 0 Å². The van der Waals surface area contributed by atoms with E-state index >= 15 is 0 Å². The summed E-state index contributed by atoms with van der Waals surface area (Å²) in [7, 11) is 0. The van der Waals surface area contributed by atoms with Crippen LogP contribution in [0.15, 0.2) is 200 Å². The number of rotatable bonds is 5. The molecule has 0 aliphatic carbocycles. The molecule has 0 heterocycles. The lowest BCUT2D eigenvalue weighted by atomic mass is 9.91. The van der Waals surface area contributed by atoms with Gasteiger partial charge in [0.05, 0.1) is 0 Å². The first-order valence-electron chi connectivity index (χ1n) is 17.6. The summed E-state index contributed by atoms with van der Waals surface area (Å²) >= 11 is 0. The Bertz CT molecular complexity index is 2870. The Morgan fingerprint density at radius 2 is 0.686 bits per heavy atom. The monoisotopic (exact) mass is 647 g/mol. The van der Waals surface area contributed by atoms with Crippen LogP contribution in [-0.4, -0.2) is 0 Å². The summed E-state index contributed by atoms with van der Waals surface area (Å²) in [6, 6.07) is 73.0. The topological polar surface area (TPSA) is 3.24 Å². The Balaban J connectivity index is 1.01. The average Bonchev–Trinajstić information content (AvgIpc) is 3.21. The first-order chi connectivity index (χ1) is 25.3. The van der Waals surface area contributed by atoms with Crippen molar-refractivity contribution >= 4 is 70.9 Å². The lowest BCUT2D eigenvalue weighted by Gasteiger charge is -2.25. The van der Waals surface area contributed by atoms with Crippen molar-refractivity contribution in [3.63, 3.8) is 0 Å².